The van der Waals surface area contributed by atoms with E-state index in [0.717, 1.165) is 24.3 Å². The number of hydrogen-bond acceptors (Lipinski definition) is 5. The quantitative estimate of drug-likeness (QED) is 0.354. The van der Waals surface area contributed by atoms with E-state index in [1.54, 1.807) is 31.5 Å². The van der Waals surface area contributed by atoms with Crippen molar-refractivity contribution >= 4 is 12.1 Å². The zero-order valence-electron chi connectivity index (χ0n) is 16.7. The molecular formula is C22H28N2O4. The van der Waals surface area contributed by atoms with Gasteiger partial charge >= 0.3 is 0 Å². The van der Waals surface area contributed by atoms with Gasteiger partial charge in [-0.25, -0.2) is 5.43 Å². The van der Waals surface area contributed by atoms with E-state index in [0.29, 0.717) is 17.1 Å². The summed E-state index contributed by atoms with van der Waals surface area (Å²) in [5.41, 5.74) is 3.81. The first kappa shape index (κ1) is 21.3. The van der Waals surface area contributed by atoms with Crippen molar-refractivity contribution in [1.82, 2.24) is 5.43 Å². The molecule has 0 radical (unpaired) electrons. The van der Waals surface area contributed by atoms with Gasteiger partial charge in [0.1, 0.15) is 5.75 Å². The Labute approximate surface area is 166 Å². The second-order valence-electron chi connectivity index (χ2n) is 6.25. The SMILES string of the molecule is CCCCCCOc1ccc(C=NNC(=O)c2ccc(OC)c(OC)c2)cc1. The summed E-state index contributed by atoms with van der Waals surface area (Å²) in [7, 11) is 3.07. The lowest BCUT2D eigenvalue weighted by atomic mass is 10.2. The molecule has 150 valence electrons. The van der Waals surface area contributed by atoms with Crippen molar-refractivity contribution < 1.29 is 19.0 Å². The van der Waals surface area contributed by atoms with Crippen molar-refractivity contribution in [2.24, 2.45) is 5.10 Å². The van der Waals surface area contributed by atoms with Crippen molar-refractivity contribution in [2.75, 3.05) is 20.8 Å². The molecule has 0 atom stereocenters. The lowest BCUT2D eigenvalue weighted by Crippen LogP contribution is -2.17. The molecule has 0 aliphatic heterocycles. The highest BCUT2D eigenvalue weighted by atomic mass is 16.5. The molecular weight excluding hydrogens is 356 g/mol. The second kappa shape index (κ2) is 11.6. The summed E-state index contributed by atoms with van der Waals surface area (Å²) in [5.74, 6) is 1.56. The molecule has 0 saturated carbocycles. The summed E-state index contributed by atoms with van der Waals surface area (Å²) in [4.78, 5) is 12.2. The number of rotatable bonds is 11. The first-order valence-electron chi connectivity index (χ1n) is 9.46. The average Bonchev–Trinajstić information content (AvgIpc) is 2.74. The third kappa shape index (κ3) is 6.61. The minimum atomic E-state index is -0.329. The highest BCUT2D eigenvalue weighted by Gasteiger charge is 2.09. The third-order valence-corrected chi connectivity index (χ3v) is 4.17. The van der Waals surface area contributed by atoms with Crippen LogP contribution in [0.3, 0.4) is 0 Å². The summed E-state index contributed by atoms with van der Waals surface area (Å²) in [6, 6.07) is 12.5. The molecule has 2 aromatic carbocycles. The van der Waals surface area contributed by atoms with Gasteiger partial charge in [-0.2, -0.15) is 5.10 Å². The minimum Gasteiger partial charge on any atom is -0.494 e. The summed E-state index contributed by atoms with van der Waals surface area (Å²) in [6.45, 7) is 2.92. The molecule has 0 aliphatic carbocycles. The maximum absolute atomic E-state index is 12.2. The predicted molar refractivity (Wildman–Crippen MR) is 111 cm³/mol. The Morgan fingerprint density at radius 3 is 2.43 bits per heavy atom. The van der Waals surface area contributed by atoms with Gasteiger partial charge in [0.05, 0.1) is 27.0 Å². The van der Waals surface area contributed by atoms with Crippen LogP contribution >= 0.6 is 0 Å². The predicted octanol–water partition coefficient (Wildman–Crippen LogP) is 4.43. The maximum Gasteiger partial charge on any atom is 0.271 e. The van der Waals surface area contributed by atoms with E-state index in [2.05, 4.69) is 17.5 Å². The van der Waals surface area contributed by atoms with Crippen LogP contribution in [0.15, 0.2) is 47.6 Å². The van der Waals surface area contributed by atoms with Crippen molar-refractivity contribution in [3.8, 4) is 17.2 Å². The smallest absolute Gasteiger partial charge is 0.271 e. The number of hydrogen-bond donors (Lipinski definition) is 1. The van der Waals surface area contributed by atoms with Crippen molar-refractivity contribution in [3.63, 3.8) is 0 Å². The van der Waals surface area contributed by atoms with Crippen LogP contribution in [-0.4, -0.2) is 32.9 Å². The Hall–Kier alpha value is -3.02. The molecule has 6 nitrogen and oxygen atoms in total. The number of ether oxygens (including phenoxy) is 3. The molecule has 28 heavy (non-hydrogen) atoms. The lowest BCUT2D eigenvalue weighted by Gasteiger charge is -2.08. The van der Waals surface area contributed by atoms with Gasteiger partial charge in [0.25, 0.3) is 5.91 Å². The molecule has 0 heterocycles. The first-order valence-corrected chi connectivity index (χ1v) is 9.46. The largest absolute Gasteiger partial charge is 0.494 e. The number of methoxy groups -OCH3 is 2. The van der Waals surface area contributed by atoms with Gasteiger partial charge in [-0.15, -0.1) is 0 Å². The van der Waals surface area contributed by atoms with Crippen LogP contribution in [0.4, 0.5) is 0 Å². The number of carbonyl (C=O) groups excluding carboxylic acids is 1. The fourth-order valence-corrected chi connectivity index (χ4v) is 2.58. The van der Waals surface area contributed by atoms with Gasteiger partial charge in [0, 0.05) is 5.56 Å². The van der Waals surface area contributed by atoms with E-state index < -0.39 is 0 Å². The molecule has 1 amide bonds. The molecule has 0 spiro atoms. The zero-order valence-corrected chi connectivity index (χ0v) is 16.7. The normalized spacial score (nSPS) is 10.7. The fourth-order valence-electron chi connectivity index (χ4n) is 2.58. The van der Waals surface area contributed by atoms with E-state index in [4.69, 9.17) is 14.2 Å². The molecule has 0 saturated heterocycles. The fraction of sp³-hybridized carbons (Fsp3) is 0.364. The Balaban J connectivity index is 1.84. The highest BCUT2D eigenvalue weighted by Crippen LogP contribution is 2.27. The van der Waals surface area contributed by atoms with E-state index in [9.17, 15) is 4.79 Å². The van der Waals surface area contributed by atoms with Gasteiger partial charge < -0.3 is 14.2 Å². The van der Waals surface area contributed by atoms with Gasteiger partial charge in [-0.05, 0) is 54.4 Å². The molecule has 0 fully saturated rings. The topological polar surface area (TPSA) is 69.2 Å². The number of hydrazone groups is 1. The number of unbranched alkanes of at least 4 members (excludes halogenated alkanes) is 3. The molecule has 6 heteroatoms. The van der Waals surface area contributed by atoms with Gasteiger partial charge in [-0.3, -0.25) is 4.79 Å². The Morgan fingerprint density at radius 1 is 1.00 bits per heavy atom. The van der Waals surface area contributed by atoms with Crippen LogP contribution in [0.5, 0.6) is 17.2 Å². The highest BCUT2D eigenvalue weighted by molar-refractivity contribution is 5.95. The number of nitrogens with zero attached hydrogens (tertiary/aromatic N) is 1. The van der Waals surface area contributed by atoms with Gasteiger partial charge in [-0.1, -0.05) is 26.2 Å². The maximum atomic E-state index is 12.2. The molecule has 2 rings (SSSR count). The zero-order chi connectivity index (χ0) is 20.2. The Morgan fingerprint density at radius 2 is 1.75 bits per heavy atom. The molecule has 0 aromatic heterocycles. The van der Waals surface area contributed by atoms with E-state index >= 15 is 0 Å². The summed E-state index contributed by atoms with van der Waals surface area (Å²) in [5, 5.41) is 4.00. The number of amides is 1. The van der Waals surface area contributed by atoms with E-state index in [1.165, 1.54) is 26.4 Å². The molecule has 0 aliphatic rings. The molecule has 0 bridgehead atoms. The van der Waals surface area contributed by atoms with Crippen LogP contribution in [0.2, 0.25) is 0 Å². The number of carbonyl (C=O) groups is 1. The van der Waals surface area contributed by atoms with Crippen LogP contribution in [0, 0.1) is 0 Å². The van der Waals surface area contributed by atoms with Crippen LogP contribution < -0.4 is 19.6 Å². The van der Waals surface area contributed by atoms with E-state index in [1.807, 2.05) is 24.3 Å². The summed E-state index contributed by atoms with van der Waals surface area (Å²) >= 11 is 0. The third-order valence-electron chi connectivity index (χ3n) is 4.17. The van der Waals surface area contributed by atoms with Gasteiger partial charge in [0.2, 0.25) is 0 Å². The molecule has 0 unspecified atom stereocenters. The molecule has 1 N–H and O–H groups in total. The van der Waals surface area contributed by atoms with E-state index in [-0.39, 0.29) is 5.91 Å². The first-order chi connectivity index (χ1) is 13.7. The van der Waals surface area contributed by atoms with Crippen molar-refractivity contribution in [1.29, 1.82) is 0 Å². The van der Waals surface area contributed by atoms with Crippen molar-refractivity contribution in [2.45, 2.75) is 32.6 Å². The minimum absolute atomic E-state index is 0.329. The monoisotopic (exact) mass is 384 g/mol. The summed E-state index contributed by atoms with van der Waals surface area (Å²) < 4.78 is 16.1. The summed E-state index contributed by atoms with van der Waals surface area (Å²) in [6.07, 6.45) is 6.31. The van der Waals surface area contributed by atoms with Crippen LogP contribution in [0.25, 0.3) is 0 Å². The standard InChI is InChI=1S/C22H28N2O4/c1-4-5-6-7-14-28-19-11-8-17(9-12-19)16-23-24-22(25)18-10-13-20(26-2)21(15-18)27-3/h8-13,15-16H,4-7,14H2,1-3H3,(H,24,25). The average molecular weight is 384 g/mol. The van der Waals surface area contributed by atoms with Gasteiger partial charge in [0.15, 0.2) is 11.5 Å². The van der Waals surface area contributed by atoms with Crippen LogP contribution in [0.1, 0.15) is 48.5 Å². The van der Waals surface area contributed by atoms with Crippen molar-refractivity contribution in [3.05, 3.63) is 53.6 Å². The van der Waals surface area contributed by atoms with Crippen LogP contribution in [-0.2, 0) is 0 Å². The number of nitrogens with one attached hydrogen (secondary N) is 1. The lowest BCUT2D eigenvalue weighted by molar-refractivity contribution is 0.0954. The second-order valence-corrected chi connectivity index (χ2v) is 6.25. The number of benzene rings is 2. The Kier molecular flexibility index (Phi) is 8.85. The molecule has 2 aromatic rings. The Bertz CT molecular complexity index is 773.